The summed E-state index contributed by atoms with van der Waals surface area (Å²) in [5, 5.41) is 7.77. The second-order valence-electron chi connectivity index (χ2n) is 6.74. The van der Waals surface area contributed by atoms with Crippen LogP contribution in [0.1, 0.15) is 41.9 Å². The smallest absolute Gasteiger partial charge is 0.270 e. The Balaban J connectivity index is 2.08. The highest BCUT2D eigenvalue weighted by Gasteiger charge is 2.18. The molecule has 0 radical (unpaired) electrons. The number of aromatic nitrogens is 2. The summed E-state index contributed by atoms with van der Waals surface area (Å²) >= 11 is 0. The van der Waals surface area contributed by atoms with Gasteiger partial charge in [-0.15, -0.1) is 0 Å². The highest BCUT2D eigenvalue weighted by molar-refractivity contribution is 5.94. The molecule has 1 aromatic heterocycles. The summed E-state index contributed by atoms with van der Waals surface area (Å²) in [5.41, 5.74) is 5.68. The quantitative estimate of drug-likeness (QED) is 0.728. The van der Waals surface area contributed by atoms with E-state index in [0.29, 0.717) is 5.69 Å². The number of para-hydroxylation sites is 1. The van der Waals surface area contributed by atoms with E-state index in [9.17, 15) is 4.79 Å². The third kappa shape index (κ3) is 3.69. The molecule has 4 heteroatoms. The molecule has 3 rings (SSSR count). The highest BCUT2D eigenvalue weighted by Crippen LogP contribution is 2.24. The largest absolute Gasteiger partial charge is 0.348 e. The zero-order valence-electron chi connectivity index (χ0n) is 15.8. The van der Waals surface area contributed by atoms with Crippen LogP contribution in [-0.2, 0) is 0 Å². The van der Waals surface area contributed by atoms with Gasteiger partial charge in [-0.25, -0.2) is 4.68 Å². The molecule has 26 heavy (non-hydrogen) atoms. The second kappa shape index (κ2) is 7.56. The first kappa shape index (κ1) is 17.9. The summed E-state index contributed by atoms with van der Waals surface area (Å²) in [7, 11) is 0. The van der Waals surface area contributed by atoms with Crippen LogP contribution in [0.2, 0.25) is 0 Å². The molecule has 1 heterocycles. The third-order valence-corrected chi connectivity index (χ3v) is 4.74. The van der Waals surface area contributed by atoms with Gasteiger partial charge in [0.05, 0.1) is 11.4 Å². The second-order valence-corrected chi connectivity index (χ2v) is 6.74. The summed E-state index contributed by atoms with van der Waals surface area (Å²) in [4.78, 5) is 12.8. The molecule has 134 valence electrons. The van der Waals surface area contributed by atoms with Crippen LogP contribution < -0.4 is 5.32 Å². The monoisotopic (exact) mass is 347 g/mol. The number of hydrogen-bond donors (Lipinski definition) is 1. The number of carbonyl (C=O) groups excluding carboxylic acids is 1. The summed E-state index contributed by atoms with van der Waals surface area (Å²) in [6.45, 7) is 8.24. The highest BCUT2D eigenvalue weighted by atomic mass is 16.2. The van der Waals surface area contributed by atoms with Crippen molar-refractivity contribution in [3.05, 3.63) is 71.4 Å². The van der Waals surface area contributed by atoms with Crippen LogP contribution in [0.3, 0.4) is 0 Å². The molecule has 2 aromatic carbocycles. The average molecular weight is 347 g/mol. The fourth-order valence-corrected chi connectivity index (χ4v) is 2.75. The van der Waals surface area contributed by atoms with Gasteiger partial charge in [-0.2, -0.15) is 5.10 Å². The predicted molar refractivity (Wildman–Crippen MR) is 106 cm³/mol. The molecule has 0 fully saturated rings. The predicted octanol–water partition coefficient (Wildman–Crippen LogP) is 4.68. The Bertz CT molecular complexity index is 912. The third-order valence-electron chi connectivity index (χ3n) is 4.74. The van der Waals surface area contributed by atoms with E-state index in [0.717, 1.165) is 23.4 Å². The summed E-state index contributed by atoms with van der Waals surface area (Å²) in [6, 6.07) is 18.0. The van der Waals surface area contributed by atoms with Gasteiger partial charge in [-0.3, -0.25) is 4.79 Å². The lowest BCUT2D eigenvalue weighted by Crippen LogP contribution is -2.33. The van der Waals surface area contributed by atoms with Crippen LogP contribution in [0.4, 0.5) is 0 Å². The maximum Gasteiger partial charge on any atom is 0.270 e. The lowest BCUT2D eigenvalue weighted by atomic mass is 10.0. The van der Waals surface area contributed by atoms with E-state index in [4.69, 9.17) is 5.10 Å². The molecule has 1 amide bonds. The van der Waals surface area contributed by atoms with Gasteiger partial charge >= 0.3 is 0 Å². The average Bonchev–Trinajstić information content (AvgIpc) is 3.10. The van der Waals surface area contributed by atoms with E-state index >= 15 is 0 Å². The SMILES string of the molecule is CCC(C)NC(=O)c1cc(-c2ccc(C)c(C)c2)nn1-c1ccccc1. The van der Waals surface area contributed by atoms with Crippen LogP contribution in [0.5, 0.6) is 0 Å². The van der Waals surface area contributed by atoms with Gasteiger partial charge in [0, 0.05) is 11.6 Å². The van der Waals surface area contributed by atoms with E-state index in [-0.39, 0.29) is 11.9 Å². The lowest BCUT2D eigenvalue weighted by Gasteiger charge is -2.12. The van der Waals surface area contributed by atoms with Gasteiger partial charge < -0.3 is 5.32 Å². The molecule has 1 N–H and O–H groups in total. The zero-order valence-corrected chi connectivity index (χ0v) is 15.8. The van der Waals surface area contributed by atoms with E-state index in [2.05, 4.69) is 44.3 Å². The van der Waals surface area contributed by atoms with Crippen molar-refractivity contribution in [2.24, 2.45) is 0 Å². The molecule has 1 atom stereocenters. The number of rotatable bonds is 5. The van der Waals surface area contributed by atoms with Crippen molar-refractivity contribution in [3.8, 4) is 16.9 Å². The van der Waals surface area contributed by atoms with Gasteiger partial charge in [-0.05, 0) is 62.6 Å². The van der Waals surface area contributed by atoms with Crippen molar-refractivity contribution in [2.45, 2.75) is 40.2 Å². The molecule has 3 aromatic rings. The minimum absolute atomic E-state index is 0.106. The number of carbonyl (C=O) groups is 1. The van der Waals surface area contributed by atoms with E-state index < -0.39 is 0 Å². The maximum absolute atomic E-state index is 12.8. The van der Waals surface area contributed by atoms with Crippen molar-refractivity contribution in [1.29, 1.82) is 0 Å². The van der Waals surface area contributed by atoms with Crippen molar-refractivity contribution in [3.63, 3.8) is 0 Å². The molecule has 0 bridgehead atoms. The Morgan fingerprint density at radius 1 is 1.08 bits per heavy atom. The Kier molecular flexibility index (Phi) is 5.21. The molecule has 0 aliphatic heterocycles. The molecule has 4 nitrogen and oxygen atoms in total. The van der Waals surface area contributed by atoms with Crippen molar-refractivity contribution in [1.82, 2.24) is 15.1 Å². The number of hydrogen-bond acceptors (Lipinski definition) is 2. The normalized spacial score (nSPS) is 12.0. The standard InChI is InChI=1S/C22H25N3O/c1-5-17(4)23-22(26)21-14-20(18-12-11-15(2)16(3)13-18)24-25(21)19-9-7-6-8-10-19/h6-14,17H,5H2,1-4H3,(H,23,26). The van der Waals surface area contributed by atoms with Crippen molar-refractivity contribution in [2.75, 3.05) is 0 Å². The van der Waals surface area contributed by atoms with Gasteiger partial charge in [-0.1, -0.05) is 37.3 Å². The summed E-state index contributed by atoms with van der Waals surface area (Å²) in [5.74, 6) is -0.106. The van der Waals surface area contributed by atoms with Gasteiger partial charge in [0.1, 0.15) is 5.69 Å². The Morgan fingerprint density at radius 3 is 2.46 bits per heavy atom. The van der Waals surface area contributed by atoms with Gasteiger partial charge in [0.2, 0.25) is 0 Å². The van der Waals surface area contributed by atoms with Crippen LogP contribution in [0.15, 0.2) is 54.6 Å². The van der Waals surface area contributed by atoms with Gasteiger partial charge in [0.15, 0.2) is 0 Å². The summed E-state index contributed by atoms with van der Waals surface area (Å²) < 4.78 is 1.72. The number of nitrogens with zero attached hydrogens (tertiary/aromatic N) is 2. The first-order chi connectivity index (χ1) is 12.5. The van der Waals surface area contributed by atoms with Crippen LogP contribution >= 0.6 is 0 Å². The van der Waals surface area contributed by atoms with Crippen molar-refractivity contribution < 1.29 is 4.79 Å². The fraction of sp³-hybridized carbons (Fsp3) is 0.273. The summed E-state index contributed by atoms with van der Waals surface area (Å²) in [6.07, 6.45) is 0.884. The van der Waals surface area contributed by atoms with E-state index in [1.807, 2.05) is 43.3 Å². The molecular weight excluding hydrogens is 322 g/mol. The first-order valence-corrected chi connectivity index (χ1v) is 9.03. The minimum Gasteiger partial charge on any atom is -0.348 e. The Morgan fingerprint density at radius 2 is 1.81 bits per heavy atom. The molecule has 1 unspecified atom stereocenters. The van der Waals surface area contributed by atoms with Crippen molar-refractivity contribution >= 4 is 5.91 Å². The number of amides is 1. The Labute approximate surface area is 154 Å². The molecule has 0 saturated carbocycles. The molecule has 0 saturated heterocycles. The molecule has 0 spiro atoms. The Hall–Kier alpha value is -2.88. The molecule has 0 aliphatic carbocycles. The fourth-order valence-electron chi connectivity index (χ4n) is 2.75. The minimum atomic E-state index is -0.106. The zero-order chi connectivity index (χ0) is 18.7. The topological polar surface area (TPSA) is 46.9 Å². The molecular formula is C22H25N3O. The molecule has 0 aliphatic rings. The van der Waals surface area contributed by atoms with Crippen LogP contribution in [0.25, 0.3) is 16.9 Å². The number of aryl methyl sites for hydroxylation is 2. The number of nitrogens with one attached hydrogen (secondary N) is 1. The first-order valence-electron chi connectivity index (χ1n) is 9.03. The lowest BCUT2D eigenvalue weighted by molar-refractivity contribution is 0.0931. The van der Waals surface area contributed by atoms with E-state index in [1.165, 1.54) is 11.1 Å². The van der Waals surface area contributed by atoms with Gasteiger partial charge in [0.25, 0.3) is 5.91 Å². The van der Waals surface area contributed by atoms with Crippen LogP contribution in [0, 0.1) is 13.8 Å². The maximum atomic E-state index is 12.8. The van der Waals surface area contributed by atoms with Crippen LogP contribution in [-0.4, -0.2) is 21.7 Å². The number of benzene rings is 2. The van der Waals surface area contributed by atoms with E-state index in [1.54, 1.807) is 4.68 Å².